The third-order valence-electron chi connectivity index (χ3n) is 2.74. The maximum absolute atomic E-state index is 12.9. The molecule has 0 aliphatic rings. The van der Waals surface area contributed by atoms with Crippen LogP contribution in [0.25, 0.3) is 10.9 Å². The van der Waals surface area contributed by atoms with E-state index in [-0.39, 0.29) is 12.1 Å². The van der Waals surface area contributed by atoms with Crippen molar-refractivity contribution in [3.8, 4) is 0 Å². The average molecular weight is 263 g/mol. The molecule has 0 saturated heterocycles. The van der Waals surface area contributed by atoms with E-state index in [0.29, 0.717) is 15.9 Å². The molecule has 2 nitrogen and oxygen atoms in total. The van der Waals surface area contributed by atoms with E-state index in [4.69, 9.17) is 17.3 Å². The molecule has 17 heavy (non-hydrogen) atoms. The molecule has 0 fully saturated rings. The summed E-state index contributed by atoms with van der Waals surface area (Å²) in [6, 6.07) is 4.63. The van der Waals surface area contributed by atoms with Crippen molar-refractivity contribution in [1.82, 2.24) is 4.57 Å². The SMILES string of the molecule is Cn1c(C(F)(F)F)c(CN)c2ccc(Cl)cc21. The zero-order chi connectivity index (χ0) is 12.8. The van der Waals surface area contributed by atoms with Gasteiger partial charge in [0.05, 0.1) is 5.52 Å². The number of nitrogens with two attached hydrogens (primary N) is 1. The molecular weight excluding hydrogens is 253 g/mol. The van der Waals surface area contributed by atoms with Gasteiger partial charge in [-0.1, -0.05) is 17.7 Å². The largest absolute Gasteiger partial charge is 0.431 e. The molecule has 92 valence electrons. The van der Waals surface area contributed by atoms with Gasteiger partial charge in [-0.25, -0.2) is 0 Å². The van der Waals surface area contributed by atoms with E-state index in [9.17, 15) is 13.2 Å². The van der Waals surface area contributed by atoms with Gasteiger partial charge in [-0.15, -0.1) is 0 Å². The summed E-state index contributed by atoms with van der Waals surface area (Å²) in [5, 5.41) is 0.891. The highest BCUT2D eigenvalue weighted by Gasteiger charge is 2.37. The summed E-state index contributed by atoms with van der Waals surface area (Å²) in [6.45, 7) is -0.159. The molecule has 0 atom stereocenters. The van der Waals surface area contributed by atoms with Gasteiger partial charge in [-0.05, 0) is 12.1 Å². The smallest absolute Gasteiger partial charge is 0.340 e. The Morgan fingerprint density at radius 2 is 2.00 bits per heavy atom. The van der Waals surface area contributed by atoms with Crippen molar-refractivity contribution in [2.24, 2.45) is 12.8 Å². The first kappa shape index (κ1) is 12.3. The highest BCUT2D eigenvalue weighted by molar-refractivity contribution is 6.31. The third kappa shape index (κ3) is 1.89. The van der Waals surface area contributed by atoms with Crippen LogP contribution in [-0.4, -0.2) is 4.57 Å². The molecule has 0 bridgehead atoms. The molecule has 6 heteroatoms. The van der Waals surface area contributed by atoms with E-state index < -0.39 is 11.9 Å². The van der Waals surface area contributed by atoms with Crippen LogP contribution in [0.2, 0.25) is 5.02 Å². The van der Waals surface area contributed by atoms with Crippen LogP contribution in [0.5, 0.6) is 0 Å². The van der Waals surface area contributed by atoms with Crippen LogP contribution in [-0.2, 0) is 19.8 Å². The van der Waals surface area contributed by atoms with Crippen LogP contribution in [0, 0.1) is 0 Å². The normalized spacial score (nSPS) is 12.4. The van der Waals surface area contributed by atoms with Gasteiger partial charge in [-0.2, -0.15) is 13.2 Å². The Labute approximate surface area is 101 Å². The summed E-state index contributed by atoms with van der Waals surface area (Å²) >= 11 is 5.78. The molecule has 2 N–H and O–H groups in total. The fourth-order valence-electron chi connectivity index (χ4n) is 2.06. The van der Waals surface area contributed by atoms with Gasteiger partial charge in [0.25, 0.3) is 0 Å². The molecule has 0 radical (unpaired) electrons. The minimum Gasteiger partial charge on any atom is -0.340 e. The van der Waals surface area contributed by atoms with Gasteiger partial charge in [0.2, 0.25) is 0 Å². The van der Waals surface area contributed by atoms with Gasteiger partial charge in [0, 0.05) is 29.6 Å². The highest BCUT2D eigenvalue weighted by atomic mass is 35.5. The first-order valence-electron chi connectivity index (χ1n) is 4.90. The molecule has 2 rings (SSSR count). The third-order valence-corrected chi connectivity index (χ3v) is 2.98. The molecule has 1 heterocycles. The maximum atomic E-state index is 12.9. The maximum Gasteiger partial charge on any atom is 0.431 e. The molecule has 1 aromatic heterocycles. The summed E-state index contributed by atoms with van der Waals surface area (Å²) < 4.78 is 39.9. The quantitative estimate of drug-likeness (QED) is 0.840. The molecule has 1 aromatic carbocycles. The predicted molar refractivity (Wildman–Crippen MR) is 60.8 cm³/mol. The van der Waals surface area contributed by atoms with Crippen molar-refractivity contribution in [3.63, 3.8) is 0 Å². The van der Waals surface area contributed by atoms with Crippen LogP contribution in [0.15, 0.2) is 18.2 Å². The van der Waals surface area contributed by atoms with Crippen LogP contribution < -0.4 is 5.73 Å². The van der Waals surface area contributed by atoms with Crippen molar-refractivity contribution in [2.45, 2.75) is 12.7 Å². The van der Waals surface area contributed by atoms with Gasteiger partial charge >= 0.3 is 6.18 Å². The number of hydrogen-bond acceptors (Lipinski definition) is 1. The second-order valence-corrected chi connectivity index (χ2v) is 4.19. The molecule has 0 saturated carbocycles. The van der Waals surface area contributed by atoms with E-state index in [1.807, 2.05) is 0 Å². The Bertz CT molecular complexity index is 572. The summed E-state index contributed by atoms with van der Waals surface area (Å²) in [7, 11) is 1.36. The second-order valence-electron chi connectivity index (χ2n) is 3.75. The van der Waals surface area contributed by atoms with Gasteiger partial charge in [0.1, 0.15) is 5.69 Å². The number of halogens is 4. The molecule has 0 amide bonds. The molecule has 0 unspecified atom stereocenters. The van der Waals surface area contributed by atoms with E-state index in [0.717, 1.165) is 4.57 Å². The lowest BCUT2D eigenvalue weighted by Gasteiger charge is -2.10. The number of nitrogens with zero attached hydrogens (tertiary/aromatic N) is 1. The lowest BCUT2D eigenvalue weighted by Crippen LogP contribution is -2.15. The Morgan fingerprint density at radius 1 is 1.35 bits per heavy atom. The lowest BCUT2D eigenvalue weighted by atomic mass is 10.1. The first-order valence-corrected chi connectivity index (χ1v) is 5.28. The number of alkyl halides is 3. The van der Waals surface area contributed by atoms with Gasteiger partial charge < -0.3 is 10.3 Å². The predicted octanol–water partition coefficient (Wildman–Crippen LogP) is 3.31. The Kier molecular flexibility index (Phi) is 2.83. The van der Waals surface area contributed by atoms with E-state index in [1.54, 1.807) is 12.1 Å². The standard InChI is InChI=1S/C11H10ClF3N2/c1-17-9-4-6(12)2-3-7(9)8(5-16)10(17)11(13,14)15/h2-4H,5,16H2,1H3. The van der Waals surface area contributed by atoms with E-state index in [1.165, 1.54) is 13.1 Å². The summed E-state index contributed by atoms with van der Waals surface area (Å²) in [6.07, 6.45) is -4.42. The molecule has 0 aliphatic heterocycles. The Balaban J connectivity index is 2.88. The number of rotatable bonds is 1. The summed E-state index contributed by atoms with van der Waals surface area (Å²) in [4.78, 5) is 0. The molecular formula is C11H10ClF3N2. The molecule has 0 spiro atoms. The van der Waals surface area contributed by atoms with E-state index >= 15 is 0 Å². The fraction of sp³-hybridized carbons (Fsp3) is 0.273. The minimum absolute atomic E-state index is 0.103. The number of aromatic nitrogens is 1. The van der Waals surface area contributed by atoms with Gasteiger partial charge in [-0.3, -0.25) is 0 Å². The second kappa shape index (κ2) is 3.92. The monoisotopic (exact) mass is 262 g/mol. The highest BCUT2D eigenvalue weighted by Crippen LogP contribution is 2.37. The summed E-state index contributed by atoms with van der Waals surface area (Å²) in [5.74, 6) is 0. The summed E-state index contributed by atoms with van der Waals surface area (Å²) in [5.41, 5.74) is 5.25. The zero-order valence-electron chi connectivity index (χ0n) is 8.98. The van der Waals surface area contributed by atoms with Crippen molar-refractivity contribution in [3.05, 3.63) is 34.5 Å². The lowest BCUT2D eigenvalue weighted by molar-refractivity contribution is -0.143. The number of aryl methyl sites for hydroxylation is 1. The van der Waals surface area contributed by atoms with Crippen molar-refractivity contribution in [2.75, 3.05) is 0 Å². The fourth-order valence-corrected chi connectivity index (χ4v) is 2.22. The van der Waals surface area contributed by atoms with Crippen molar-refractivity contribution >= 4 is 22.5 Å². The molecule has 0 aliphatic carbocycles. The number of hydrogen-bond donors (Lipinski definition) is 1. The Hall–Kier alpha value is -1.20. The topological polar surface area (TPSA) is 30.9 Å². The van der Waals surface area contributed by atoms with Crippen LogP contribution in [0.1, 0.15) is 11.3 Å². The number of fused-ring (bicyclic) bond motifs is 1. The van der Waals surface area contributed by atoms with Crippen molar-refractivity contribution in [1.29, 1.82) is 0 Å². The van der Waals surface area contributed by atoms with Crippen LogP contribution >= 0.6 is 11.6 Å². The van der Waals surface area contributed by atoms with Crippen LogP contribution in [0.4, 0.5) is 13.2 Å². The zero-order valence-corrected chi connectivity index (χ0v) is 9.73. The van der Waals surface area contributed by atoms with Gasteiger partial charge in [0.15, 0.2) is 0 Å². The van der Waals surface area contributed by atoms with E-state index in [2.05, 4.69) is 0 Å². The molecule has 2 aromatic rings. The first-order chi connectivity index (χ1) is 7.86. The average Bonchev–Trinajstić information content (AvgIpc) is 2.51. The van der Waals surface area contributed by atoms with Crippen LogP contribution in [0.3, 0.4) is 0 Å². The van der Waals surface area contributed by atoms with Crippen molar-refractivity contribution < 1.29 is 13.2 Å². The Morgan fingerprint density at radius 3 is 2.53 bits per heavy atom. The minimum atomic E-state index is -4.42. The number of benzene rings is 1.